The first-order chi connectivity index (χ1) is 13.3. The maximum Gasteiger partial charge on any atom is 0.266 e. The predicted molar refractivity (Wildman–Crippen MR) is 109 cm³/mol. The van der Waals surface area contributed by atoms with Gasteiger partial charge in [-0.25, -0.2) is 8.42 Å². The number of nitrogens with zero attached hydrogens (tertiary/aromatic N) is 2. The van der Waals surface area contributed by atoms with Crippen LogP contribution in [0.4, 0.5) is 0 Å². The summed E-state index contributed by atoms with van der Waals surface area (Å²) in [5.74, 6) is 1.69. The summed E-state index contributed by atoms with van der Waals surface area (Å²) in [7, 11) is -1.43. The number of halogens is 1. The minimum absolute atomic E-state index is 0.0321. The van der Waals surface area contributed by atoms with Crippen LogP contribution in [-0.2, 0) is 19.6 Å². The van der Waals surface area contributed by atoms with Gasteiger partial charge in [0.1, 0.15) is 4.90 Å². The number of ether oxygens (including phenoxy) is 1. The lowest BCUT2D eigenvalue weighted by atomic mass is 10.1. The van der Waals surface area contributed by atoms with Crippen molar-refractivity contribution in [3.8, 4) is 0 Å². The average molecular weight is 449 g/mol. The zero-order chi connectivity index (χ0) is 20.3. The van der Waals surface area contributed by atoms with Crippen molar-refractivity contribution in [3.05, 3.63) is 28.8 Å². The maximum absolute atomic E-state index is 13.3. The van der Waals surface area contributed by atoms with Gasteiger partial charge in [-0.15, -0.1) is 0 Å². The van der Waals surface area contributed by atoms with Gasteiger partial charge in [0.25, 0.3) is 15.9 Å². The lowest BCUT2D eigenvalue weighted by Gasteiger charge is -2.31. The van der Waals surface area contributed by atoms with Gasteiger partial charge in [-0.1, -0.05) is 16.1 Å². The van der Waals surface area contributed by atoms with Gasteiger partial charge in [0.2, 0.25) is 0 Å². The third-order valence-electron chi connectivity index (χ3n) is 5.08. The van der Waals surface area contributed by atoms with E-state index < -0.39 is 10.0 Å². The molecule has 0 aliphatic carbocycles. The molecule has 2 saturated heterocycles. The van der Waals surface area contributed by atoms with E-state index >= 15 is 0 Å². The van der Waals surface area contributed by atoms with Gasteiger partial charge in [0.05, 0.1) is 18.2 Å². The van der Waals surface area contributed by atoms with Crippen molar-refractivity contribution >= 4 is 39.3 Å². The van der Waals surface area contributed by atoms with Crippen LogP contribution in [0.1, 0.15) is 29.6 Å². The molecule has 7 nitrogen and oxygen atoms in total. The summed E-state index contributed by atoms with van der Waals surface area (Å²) in [5.41, 5.74) is 0.294. The molecule has 3 rings (SSSR count). The highest BCUT2D eigenvalue weighted by molar-refractivity contribution is 7.99. The number of hydrogen-bond acceptors (Lipinski definition) is 6. The van der Waals surface area contributed by atoms with Crippen LogP contribution in [0.25, 0.3) is 0 Å². The minimum atomic E-state index is -3.96. The first-order valence-corrected chi connectivity index (χ1v) is 12.1. The zero-order valence-electron chi connectivity index (χ0n) is 16.0. The Morgan fingerprint density at radius 3 is 2.79 bits per heavy atom. The number of benzene rings is 1. The van der Waals surface area contributed by atoms with Crippen LogP contribution in [0, 0.1) is 0 Å². The molecular weight excluding hydrogens is 424 g/mol. The van der Waals surface area contributed by atoms with E-state index in [4.69, 9.17) is 21.2 Å². The first kappa shape index (κ1) is 21.9. The fraction of sp³-hybridized carbons (Fsp3) is 0.611. The van der Waals surface area contributed by atoms with Gasteiger partial charge < -0.3 is 9.64 Å². The Bertz CT molecular complexity index is 808. The van der Waals surface area contributed by atoms with Gasteiger partial charge in [-0.05, 0) is 43.2 Å². The fourth-order valence-corrected chi connectivity index (χ4v) is 6.11. The van der Waals surface area contributed by atoms with E-state index in [-0.39, 0.29) is 28.0 Å². The third-order valence-corrected chi connectivity index (χ3v) is 8.39. The largest absolute Gasteiger partial charge is 0.376 e. The van der Waals surface area contributed by atoms with Gasteiger partial charge in [0.15, 0.2) is 0 Å². The standard InChI is InChI=1S/C18H25ClN2O5S2/c1-20(25-2)28(23,24)17-10-13(5-6-16(17)19)18(22)21(14-7-9-27-12-14)11-15-4-3-8-26-15/h5-6,10,14-15H,3-4,7-9,11-12H2,1-2H3. The molecule has 0 saturated carbocycles. The molecule has 0 N–H and O–H groups in total. The first-order valence-electron chi connectivity index (χ1n) is 9.17. The zero-order valence-corrected chi connectivity index (χ0v) is 18.4. The quantitative estimate of drug-likeness (QED) is 0.597. The molecule has 0 spiro atoms. The SMILES string of the molecule is CON(C)S(=O)(=O)c1cc(C(=O)N(CC2CCCO2)C2CCSC2)ccc1Cl. The Kier molecular flexibility index (Phi) is 7.27. The Hall–Kier alpha value is -0.840. The molecule has 0 radical (unpaired) electrons. The summed E-state index contributed by atoms with van der Waals surface area (Å²) in [6.45, 7) is 1.24. The number of carbonyl (C=O) groups is 1. The number of hydroxylamine groups is 1. The summed E-state index contributed by atoms with van der Waals surface area (Å²) in [5, 5.41) is 0.0440. The molecule has 2 unspecified atom stereocenters. The summed E-state index contributed by atoms with van der Waals surface area (Å²) >= 11 is 7.94. The van der Waals surface area contributed by atoms with Gasteiger partial charge in [-0.2, -0.15) is 11.8 Å². The number of sulfonamides is 1. The van der Waals surface area contributed by atoms with Crippen molar-refractivity contribution in [3.63, 3.8) is 0 Å². The highest BCUT2D eigenvalue weighted by Gasteiger charge is 2.32. The number of carbonyl (C=O) groups excluding carboxylic acids is 1. The molecular formula is C18H25ClN2O5S2. The molecule has 2 heterocycles. The molecule has 28 heavy (non-hydrogen) atoms. The Morgan fingerprint density at radius 2 is 2.18 bits per heavy atom. The van der Waals surface area contributed by atoms with Crippen LogP contribution in [0.2, 0.25) is 5.02 Å². The molecule has 2 aliphatic heterocycles. The second-order valence-electron chi connectivity index (χ2n) is 6.85. The van der Waals surface area contributed by atoms with E-state index in [1.54, 1.807) is 6.07 Å². The van der Waals surface area contributed by atoms with Crippen LogP contribution in [0.15, 0.2) is 23.1 Å². The van der Waals surface area contributed by atoms with Gasteiger partial charge >= 0.3 is 0 Å². The van der Waals surface area contributed by atoms with Gasteiger partial charge in [0, 0.05) is 37.6 Å². The number of amides is 1. The molecule has 0 aromatic heterocycles. The lowest BCUT2D eigenvalue weighted by molar-refractivity contribution is -0.0258. The molecule has 1 amide bonds. The Morgan fingerprint density at radius 1 is 1.39 bits per heavy atom. The second-order valence-corrected chi connectivity index (χ2v) is 10.3. The summed E-state index contributed by atoms with van der Waals surface area (Å²) in [6, 6.07) is 4.47. The van der Waals surface area contributed by atoms with Crippen molar-refractivity contribution in [2.45, 2.75) is 36.3 Å². The van der Waals surface area contributed by atoms with Crippen LogP contribution in [0.3, 0.4) is 0 Å². The van der Waals surface area contributed by atoms with Crippen molar-refractivity contribution < 1.29 is 22.8 Å². The minimum Gasteiger partial charge on any atom is -0.376 e. The number of thioether (sulfide) groups is 1. The van der Waals surface area contributed by atoms with Crippen LogP contribution >= 0.6 is 23.4 Å². The molecule has 156 valence electrons. The molecule has 2 fully saturated rings. The van der Waals surface area contributed by atoms with Crippen molar-refractivity contribution in [2.75, 3.05) is 38.8 Å². The molecule has 10 heteroatoms. The molecule has 1 aromatic carbocycles. The van der Waals surface area contributed by atoms with Crippen LogP contribution in [0.5, 0.6) is 0 Å². The fourth-order valence-electron chi connectivity index (χ4n) is 3.41. The van der Waals surface area contributed by atoms with E-state index in [0.29, 0.717) is 12.1 Å². The van der Waals surface area contributed by atoms with E-state index in [2.05, 4.69) is 0 Å². The number of hydrogen-bond donors (Lipinski definition) is 0. The molecule has 0 bridgehead atoms. The summed E-state index contributed by atoms with van der Waals surface area (Å²) in [6.07, 6.45) is 2.89. The summed E-state index contributed by atoms with van der Waals surface area (Å²) < 4.78 is 31.7. The van der Waals surface area contributed by atoms with Gasteiger partial charge in [-0.3, -0.25) is 9.63 Å². The second kappa shape index (κ2) is 9.32. The smallest absolute Gasteiger partial charge is 0.266 e. The highest BCUT2D eigenvalue weighted by atomic mass is 35.5. The van der Waals surface area contributed by atoms with E-state index in [1.807, 2.05) is 16.7 Å². The van der Waals surface area contributed by atoms with E-state index in [0.717, 1.165) is 41.8 Å². The predicted octanol–water partition coefficient (Wildman–Crippen LogP) is 2.65. The highest BCUT2D eigenvalue weighted by Crippen LogP contribution is 2.29. The van der Waals surface area contributed by atoms with Crippen molar-refractivity contribution in [1.82, 2.24) is 9.37 Å². The molecule has 2 aliphatic rings. The Labute approximate surface area is 175 Å². The van der Waals surface area contributed by atoms with Crippen molar-refractivity contribution in [2.24, 2.45) is 0 Å². The lowest BCUT2D eigenvalue weighted by Crippen LogP contribution is -2.44. The van der Waals surface area contributed by atoms with E-state index in [1.165, 1.54) is 26.3 Å². The molecule has 1 aromatic rings. The molecule has 2 atom stereocenters. The van der Waals surface area contributed by atoms with Crippen LogP contribution < -0.4 is 0 Å². The monoisotopic (exact) mass is 448 g/mol. The Balaban J connectivity index is 1.91. The maximum atomic E-state index is 13.3. The van der Waals surface area contributed by atoms with Crippen LogP contribution in [-0.4, -0.2) is 74.7 Å². The van der Waals surface area contributed by atoms with Crippen molar-refractivity contribution in [1.29, 1.82) is 0 Å². The third kappa shape index (κ3) is 4.66. The average Bonchev–Trinajstić information content (AvgIpc) is 3.39. The number of rotatable bonds is 7. The normalized spacial score (nSPS) is 22.7. The topological polar surface area (TPSA) is 76.2 Å². The van der Waals surface area contributed by atoms with E-state index in [9.17, 15) is 13.2 Å². The summed E-state index contributed by atoms with van der Waals surface area (Å²) in [4.78, 5) is 19.8.